The molecule has 0 aromatic carbocycles. The first-order chi connectivity index (χ1) is 11.6. The Balaban J connectivity index is 1.97. The van der Waals surface area contributed by atoms with Gasteiger partial charge < -0.3 is 14.4 Å². The van der Waals surface area contributed by atoms with Gasteiger partial charge >= 0.3 is 12.1 Å². The highest BCUT2D eigenvalue weighted by Crippen LogP contribution is 2.26. The summed E-state index contributed by atoms with van der Waals surface area (Å²) in [7, 11) is 0. The number of hydrogen-bond donors (Lipinski definition) is 0. The SMILES string of the molecule is CC1CC(N2CCCC(CN(C(=O)OC(C)(C)C)C(C)C)C2)C(=O)O1. The van der Waals surface area contributed by atoms with E-state index < -0.39 is 5.60 Å². The van der Waals surface area contributed by atoms with Crippen molar-refractivity contribution < 1.29 is 19.1 Å². The van der Waals surface area contributed by atoms with Crippen LogP contribution in [0.5, 0.6) is 0 Å². The summed E-state index contributed by atoms with van der Waals surface area (Å²) in [6.07, 6.45) is 2.63. The molecule has 2 aliphatic heterocycles. The first kappa shape index (κ1) is 20.0. The lowest BCUT2D eigenvalue weighted by Crippen LogP contribution is -2.50. The number of amides is 1. The molecular formula is C19H34N2O4. The quantitative estimate of drug-likeness (QED) is 0.726. The lowest BCUT2D eigenvalue weighted by atomic mass is 9.95. The van der Waals surface area contributed by atoms with Gasteiger partial charge in [-0.15, -0.1) is 0 Å². The van der Waals surface area contributed by atoms with Crippen LogP contribution in [0.15, 0.2) is 0 Å². The number of carbonyl (C=O) groups is 2. The third kappa shape index (κ3) is 5.59. The topological polar surface area (TPSA) is 59.1 Å². The number of cyclic esters (lactones) is 1. The molecule has 0 spiro atoms. The van der Waals surface area contributed by atoms with E-state index in [9.17, 15) is 9.59 Å². The van der Waals surface area contributed by atoms with Crippen LogP contribution in [0.4, 0.5) is 4.79 Å². The summed E-state index contributed by atoms with van der Waals surface area (Å²) in [5, 5.41) is 0. The molecule has 0 radical (unpaired) electrons. The first-order valence-electron chi connectivity index (χ1n) is 9.51. The molecule has 0 aliphatic carbocycles. The molecule has 2 fully saturated rings. The first-order valence-corrected chi connectivity index (χ1v) is 9.51. The summed E-state index contributed by atoms with van der Waals surface area (Å²) in [5.74, 6) is 0.258. The van der Waals surface area contributed by atoms with E-state index in [1.165, 1.54) is 0 Å². The zero-order valence-electron chi connectivity index (χ0n) is 16.6. The fourth-order valence-electron chi connectivity index (χ4n) is 3.66. The number of nitrogens with zero attached hydrogens (tertiary/aromatic N) is 2. The minimum absolute atomic E-state index is 0.00630. The van der Waals surface area contributed by atoms with Crippen LogP contribution >= 0.6 is 0 Å². The number of ether oxygens (including phenoxy) is 2. The molecular weight excluding hydrogens is 320 g/mol. The van der Waals surface area contributed by atoms with Crippen LogP contribution < -0.4 is 0 Å². The predicted molar refractivity (Wildman–Crippen MR) is 96.3 cm³/mol. The molecule has 1 amide bonds. The second-order valence-electron chi connectivity index (χ2n) is 8.73. The number of carbonyl (C=O) groups excluding carboxylic acids is 2. The molecule has 2 heterocycles. The van der Waals surface area contributed by atoms with Gasteiger partial charge in [0.25, 0.3) is 0 Å². The Hall–Kier alpha value is -1.30. The Kier molecular flexibility index (Phi) is 6.35. The molecule has 6 heteroatoms. The minimum Gasteiger partial charge on any atom is -0.461 e. The predicted octanol–water partition coefficient (Wildman–Crippen LogP) is 3.05. The maximum Gasteiger partial charge on any atom is 0.410 e. The van der Waals surface area contributed by atoms with E-state index in [4.69, 9.17) is 9.47 Å². The maximum atomic E-state index is 12.5. The Morgan fingerprint density at radius 2 is 2.08 bits per heavy atom. The van der Waals surface area contributed by atoms with Crippen molar-refractivity contribution in [2.24, 2.45) is 5.92 Å². The van der Waals surface area contributed by atoms with Crippen LogP contribution in [0.2, 0.25) is 0 Å². The molecule has 144 valence electrons. The molecule has 0 aromatic heterocycles. The summed E-state index contributed by atoms with van der Waals surface area (Å²) >= 11 is 0. The van der Waals surface area contributed by atoms with Gasteiger partial charge in [0.1, 0.15) is 17.7 Å². The van der Waals surface area contributed by atoms with Crippen molar-refractivity contribution >= 4 is 12.1 Å². The highest BCUT2D eigenvalue weighted by Gasteiger charge is 2.39. The van der Waals surface area contributed by atoms with Crippen molar-refractivity contribution in [1.82, 2.24) is 9.80 Å². The van der Waals surface area contributed by atoms with Gasteiger partial charge in [0.15, 0.2) is 0 Å². The molecule has 2 rings (SSSR count). The molecule has 3 atom stereocenters. The zero-order chi connectivity index (χ0) is 18.8. The molecule has 0 aromatic rings. The van der Waals surface area contributed by atoms with Crippen molar-refractivity contribution in [2.75, 3.05) is 19.6 Å². The molecule has 2 saturated heterocycles. The van der Waals surface area contributed by atoms with Gasteiger partial charge in [-0.2, -0.15) is 0 Å². The third-order valence-electron chi connectivity index (χ3n) is 4.84. The van der Waals surface area contributed by atoms with Crippen molar-refractivity contribution in [3.8, 4) is 0 Å². The van der Waals surface area contributed by atoms with E-state index in [1.807, 2.05) is 46.4 Å². The van der Waals surface area contributed by atoms with Gasteiger partial charge in [-0.1, -0.05) is 0 Å². The van der Waals surface area contributed by atoms with Crippen LogP contribution in [-0.2, 0) is 14.3 Å². The van der Waals surface area contributed by atoms with Crippen LogP contribution in [0.3, 0.4) is 0 Å². The van der Waals surface area contributed by atoms with Crippen LogP contribution in [0, 0.1) is 5.92 Å². The average molecular weight is 354 g/mol. The summed E-state index contributed by atoms with van der Waals surface area (Å²) in [6.45, 7) is 14.1. The normalized spacial score (nSPS) is 28.1. The van der Waals surface area contributed by atoms with Crippen LogP contribution in [-0.4, -0.2) is 65.3 Å². The van der Waals surface area contributed by atoms with E-state index in [2.05, 4.69) is 4.90 Å². The monoisotopic (exact) mass is 354 g/mol. The van der Waals surface area contributed by atoms with Crippen molar-refractivity contribution in [3.05, 3.63) is 0 Å². The summed E-state index contributed by atoms with van der Waals surface area (Å²) in [4.78, 5) is 28.6. The van der Waals surface area contributed by atoms with E-state index in [1.54, 1.807) is 0 Å². The Bertz CT molecular complexity index is 486. The van der Waals surface area contributed by atoms with Crippen LogP contribution in [0.1, 0.15) is 60.8 Å². The number of rotatable bonds is 4. The molecule has 0 bridgehead atoms. The number of hydrogen-bond acceptors (Lipinski definition) is 5. The van der Waals surface area contributed by atoms with Crippen molar-refractivity contribution in [1.29, 1.82) is 0 Å². The van der Waals surface area contributed by atoms with E-state index in [-0.39, 0.29) is 30.3 Å². The lowest BCUT2D eigenvalue weighted by molar-refractivity contribution is -0.145. The van der Waals surface area contributed by atoms with Gasteiger partial charge in [0, 0.05) is 25.6 Å². The fourth-order valence-corrected chi connectivity index (χ4v) is 3.66. The number of esters is 1. The second kappa shape index (κ2) is 7.94. The summed E-state index contributed by atoms with van der Waals surface area (Å²) < 4.78 is 10.9. The average Bonchev–Trinajstić information content (AvgIpc) is 2.81. The smallest absolute Gasteiger partial charge is 0.410 e. The van der Waals surface area contributed by atoms with Crippen molar-refractivity contribution in [3.63, 3.8) is 0 Å². The number of likely N-dealkylation sites (tertiary alicyclic amines) is 1. The van der Waals surface area contributed by atoms with Gasteiger partial charge in [-0.3, -0.25) is 9.69 Å². The van der Waals surface area contributed by atoms with E-state index in [0.29, 0.717) is 12.5 Å². The molecule has 0 N–H and O–H groups in total. The van der Waals surface area contributed by atoms with Gasteiger partial charge in [0.2, 0.25) is 0 Å². The summed E-state index contributed by atoms with van der Waals surface area (Å²) in [5.41, 5.74) is -0.493. The van der Waals surface area contributed by atoms with Gasteiger partial charge in [0.05, 0.1) is 0 Å². The largest absolute Gasteiger partial charge is 0.461 e. The fraction of sp³-hybridized carbons (Fsp3) is 0.895. The lowest BCUT2D eigenvalue weighted by Gasteiger charge is -2.38. The maximum absolute atomic E-state index is 12.5. The highest BCUT2D eigenvalue weighted by atomic mass is 16.6. The zero-order valence-corrected chi connectivity index (χ0v) is 16.6. The van der Waals surface area contributed by atoms with Crippen molar-refractivity contribution in [2.45, 2.75) is 84.6 Å². The Morgan fingerprint density at radius 1 is 1.40 bits per heavy atom. The molecule has 3 unspecified atom stereocenters. The molecule has 6 nitrogen and oxygen atoms in total. The van der Waals surface area contributed by atoms with Crippen LogP contribution in [0.25, 0.3) is 0 Å². The second-order valence-corrected chi connectivity index (χ2v) is 8.73. The number of piperidine rings is 1. The molecule has 25 heavy (non-hydrogen) atoms. The molecule has 0 saturated carbocycles. The third-order valence-corrected chi connectivity index (χ3v) is 4.84. The van der Waals surface area contributed by atoms with Gasteiger partial charge in [-0.05, 0) is 66.8 Å². The Morgan fingerprint density at radius 3 is 2.60 bits per heavy atom. The van der Waals surface area contributed by atoms with E-state index >= 15 is 0 Å². The standard InChI is InChI=1S/C19H34N2O4/c1-13(2)21(18(23)25-19(4,5)6)12-15-8-7-9-20(11-15)16-10-14(3)24-17(16)22/h13-16H,7-12H2,1-6H3. The highest BCUT2D eigenvalue weighted by molar-refractivity contribution is 5.78. The molecule has 2 aliphatic rings. The Labute approximate surface area is 151 Å². The summed E-state index contributed by atoms with van der Waals surface area (Å²) in [6, 6.07) is -0.0338. The van der Waals surface area contributed by atoms with E-state index in [0.717, 1.165) is 32.4 Å². The minimum atomic E-state index is -0.493. The van der Waals surface area contributed by atoms with Gasteiger partial charge in [-0.25, -0.2) is 4.79 Å².